The van der Waals surface area contributed by atoms with E-state index in [1.165, 1.54) is 12.5 Å². The molecule has 10 heteroatoms. The number of nitrogens with zero attached hydrogens (tertiary/aromatic N) is 5. The van der Waals surface area contributed by atoms with Crippen molar-refractivity contribution in [2.45, 2.75) is 37.1 Å². The van der Waals surface area contributed by atoms with Crippen LogP contribution in [0.2, 0.25) is 0 Å². The first-order valence-corrected chi connectivity index (χ1v) is 12.3. The van der Waals surface area contributed by atoms with E-state index in [1.54, 1.807) is 30.1 Å². The molecule has 0 aliphatic carbocycles. The van der Waals surface area contributed by atoms with Crippen molar-refractivity contribution in [1.82, 2.24) is 19.7 Å². The largest absolute Gasteiger partial charge is 0.349 e. The number of amides is 1. The maximum Gasteiger partial charge on any atom is 0.285 e. The number of likely N-dealkylation sites (N-methyl/N-ethyl adjacent to an activating group) is 1. The molecule has 0 spiro atoms. The average molecular weight is 465 g/mol. The highest BCUT2D eigenvalue weighted by molar-refractivity contribution is 7.90. The van der Waals surface area contributed by atoms with Crippen LogP contribution in [0.4, 0.5) is 5.69 Å². The lowest BCUT2D eigenvalue weighted by molar-refractivity contribution is -0.116. The maximum absolute atomic E-state index is 12.7. The number of fused-ring (bicyclic) bond motifs is 2. The third-order valence-electron chi connectivity index (χ3n) is 5.87. The van der Waals surface area contributed by atoms with Crippen molar-refractivity contribution in [3.05, 3.63) is 59.9 Å². The smallest absolute Gasteiger partial charge is 0.285 e. The van der Waals surface area contributed by atoms with E-state index in [-0.39, 0.29) is 23.2 Å². The normalized spacial score (nSPS) is 16.3. The van der Waals surface area contributed by atoms with Crippen molar-refractivity contribution in [3.63, 3.8) is 0 Å². The minimum absolute atomic E-state index is 0.0484. The van der Waals surface area contributed by atoms with Crippen LogP contribution in [-0.2, 0) is 27.8 Å². The molecule has 0 saturated carbocycles. The van der Waals surface area contributed by atoms with Crippen LogP contribution in [0.1, 0.15) is 30.7 Å². The lowest BCUT2D eigenvalue weighted by atomic mass is 10.1. The fourth-order valence-corrected chi connectivity index (χ4v) is 5.54. The summed E-state index contributed by atoms with van der Waals surface area (Å²) in [6.07, 6.45) is 4.34. The van der Waals surface area contributed by atoms with Crippen LogP contribution >= 0.6 is 0 Å². The van der Waals surface area contributed by atoms with Gasteiger partial charge in [0.25, 0.3) is 10.0 Å². The molecule has 0 radical (unpaired) electrons. The SMILES string of the molecule is CN(CC(=O)Nc1cccc(-c2nnc3n2CCCCC3)c1)C1=NS(=O)(=O)c2ccccc21. The van der Waals surface area contributed by atoms with Crippen LogP contribution in [0, 0.1) is 0 Å². The van der Waals surface area contributed by atoms with Gasteiger partial charge in [-0.2, -0.15) is 8.42 Å². The molecule has 0 unspecified atom stereocenters. The van der Waals surface area contributed by atoms with Gasteiger partial charge in [0.2, 0.25) is 5.91 Å². The zero-order valence-electron chi connectivity index (χ0n) is 18.2. The van der Waals surface area contributed by atoms with Crippen LogP contribution in [0.15, 0.2) is 57.8 Å². The van der Waals surface area contributed by atoms with Crippen molar-refractivity contribution in [1.29, 1.82) is 0 Å². The number of hydrogen-bond donors (Lipinski definition) is 1. The number of sulfonamides is 1. The molecule has 0 atom stereocenters. The van der Waals surface area contributed by atoms with E-state index in [4.69, 9.17) is 0 Å². The predicted molar refractivity (Wildman–Crippen MR) is 124 cm³/mol. The van der Waals surface area contributed by atoms with Gasteiger partial charge in [0.1, 0.15) is 10.7 Å². The number of amidine groups is 1. The zero-order chi connectivity index (χ0) is 23.0. The Hall–Kier alpha value is -3.53. The van der Waals surface area contributed by atoms with Gasteiger partial charge in [-0.15, -0.1) is 14.6 Å². The molecule has 1 aromatic heterocycles. The number of hydrogen-bond acceptors (Lipinski definition) is 6. The first-order chi connectivity index (χ1) is 15.9. The van der Waals surface area contributed by atoms with E-state index < -0.39 is 10.0 Å². The third kappa shape index (κ3) is 4.13. The van der Waals surface area contributed by atoms with Crippen LogP contribution in [-0.4, -0.2) is 53.4 Å². The van der Waals surface area contributed by atoms with Crippen molar-refractivity contribution < 1.29 is 13.2 Å². The second-order valence-electron chi connectivity index (χ2n) is 8.27. The third-order valence-corrected chi connectivity index (χ3v) is 7.19. The number of carbonyl (C=O) groups excluding carboxylic acids is 1. The molecular weight excluding hydrogens is 440 g/mol. The van der Waals surface area contributed by atoms with E-state index in [0.29, 0.717) is 11.3 Å². The number of benzene rings is 2. The molecule has 3 heterocycles. The number of aryl methyl sites for hydroxylation is 1. The van der Waals surface area contributed by atoms with Crippen molar-refractivity contribution >= 4 is 27.5 Å². The van der Waals surface area contributed by atoms with E-state index >= 15 is 0 Å². The first-order valence-electron chi connectivity index (χ1n) is 10.9. The summed E-state index contributed by atoms with van der Waals surface area (Å²) in [5, 5.41) is 11.6. The van der Waals surface area contributed by atoms with Gasteiger partial charge in [0.15, 0.2) is 11.7 Å². The van der Waals surface area contributed by atoms with Gasteiger partial charge in [-0.25, -0.2) is 0 Å². The molecule has 9 nitrogen and oxygen atoms in total. The molecule has 2 aliphatic rings. The number of anilines is 1. The summed E-state index contributed by atoms with van der Waals surface area (Å²) in [7, 11) is -2.09. The molecule has 0 saturated heterocycles. The van der Waals surface area contributed by atoms with Gasteiger partial charge < -0.3 is 14.8 Å². The number of rotatable bonds is 4. The summed E-state index contributed by atoms with van der Waals surface area (Å²) in [6.45, 7) is 0.846. The summed E-state index contributed by atoms with van der Waals surface area (Å²) < 4.78 is 30.6. The second-order valence-corrected chi connectivity index (χ2v) is 9.85. The summed E-state index contributed by atoms with van der Waals surface area (Å²) in [5.41, 5.74) is 2.03. The lowest BCUT2D eigenvalue weighted by Crippen LogP contribution is -2.34. The van der Waals surface area contributed by atoms with E-state index in [0.717, 1.165) is 43.0 Å². The highest BCUT2D eigenvalue weighted by Gasteiger charge is 2.31. The summed E-state index contributed by atoms with van der Waals surface area (Å²) in [6, 6.07) is 14.1. The number of aromatic nitrogens is 3. The Morgan fingerprint density at radius 1 is 1.09 bits per heavy atom. The minimum atomic E-state index is -3.74. The van der Waals surface area contributed by atoms with Crippen molar-refractivity contribution in [3.8, 4) is 11.4 Å². The Labute approximate surface area is 192 Å². The number of carbonyl (C=O) groups is 1. The summed E-state index contributed by atoms with van der Waals surface area (Å²) >= 11 is 0. The monoisotopic (exact) mass is 464 g/mol. The summed E-state index contributed by atoms with van der Waals surface area (Å²) in [5.74, 6) is 1.80. The molecule has 170 valence electrons. The fourth-order valence-electron chi connectivity index (χ4n) is 4.29. The fraction of sp³-hybridized carbons (Fsp3) is 0.304. The van der Waals surface area contributed by atoms with Crippen molar-refractivity contribution in [2.24, 2.45) is 4.40 Å². The molecule has 33 heavy (non-hydrogen) atoms. The lowest BCUT2D eigenvalue weighted by Gasteiger charge is -2.18. The van der Waals surface area contributed by atoms with Crippen LogP contribution in [0.3, 0.4) is 0 Å². The van der Waals surface area contributed by atoms with Gasteiger partial charge in [0, 0.05) is 36.8 Å². The molecule has 2 aliphatic heterocycles. The minimum Gasteiger partial charge on any atom is -0.349 e. The molecule has 3 aromatic rings. The Morgan fingerprint density at radius 3 is 2.82 bits per heavy atom. The molecular formula is C23H24N6O3S. The van der Waals surface area contributed by atoms with Gasteiger partial charge in [-0.1, -0.05) is 30.7 Å². The van der Waals surface area contributed by atoms with Crippen LogP contribution in [0.25, 0.3) is 11.4 Å². The van der Waals surface area contributed by atoms with E-state index in [1.807, 2.05) is 24.3 Å². The average Bonchev–Trinajstić information content (AvgIpc) is 3.22. The van der Waals surface area contributed by atoms with E-state index in [2.05, 4.69) is 24.5 Å². The zero-order valence-corrected chi connectivity index (χ0v) is 19.0. The van der Waals surface area contributed by atoms with Crippen molar-refractivity contribution in [2.75, 3.05) is 18.9 Å². The molecule has 5 rings (SSSR count). The standard InChI is InChI=1S/C23H24N6O3S/c1-28(23-18-10-4-5-11-19(18)33(31,32)27-23)15-21(30)24-17-9-7-8-16(14-17)22-26-25-20-12-3-2-6-13-29(20)22/h4-5,7-11,14H,2-3,6,12-13,15H2,1H3,(H,24,30). The Kier molecular flexibility index (Phi) is 5.45. The maximum atomic E-state index is 12.7. The van der Waals surface area contributed by atoms with Gasteiger partial charge >= 0.3 is 0 Å². The summed E-state index contributed by atoms with van der Waals surface area (Å²) in [4.78, 5) is 14.4. The Bertz CT molecular complexity index is 1360. The molecule has 1 amide bonds. The molecule has 0 bridgehead atoms. The topological polar surface area (TPSA) is 110 Å². The van der Waals surface area contributed by atoms with Gasteiger partial charge in [0.05, 0.1) is 6.54 Å². The molecule has 0 fully saturated rings. The second kappa shape index (κ2) is 8.43. The Balaban J connectivity index is 1.31. The van der Waals surface area contributed by atoms with E-state index in [9.17, 15) is 13.2 Å². The van der Waals surface area contributed by atoms with Crippen LogP contribution < -0.4 is 5.32 Å². The molecule has 1 N–H and O–H groups in total. The van der Waals surface area contributed by atoms with Gasteiger partial charge in [-0.3, -0.25) is 4.79 Å². The highest BCUT2D eigenvalue weighted by Crippen LogP contribution is 2.27. The quantitative estimate of drug-likeness (QED) is 0.636. The van der Waals surface area contributed by atoms with Gasteiger partial charge in [-0.05, 0) is 37.1 Å². The number of nitrogens with one attached hydrogen (secondary N) is 1. The van der Waals surface area contributed by atoms with Crippen LogP contribution in [0.5, 0.6) is 0 Å². The highest BCUT2D eigenvalue weighted by atomic mass is 32.2. The predicted octanol–water partition coefficient (Wildman–Crippen LogP) is 2.69. The first kappa shape index (κ1) is 21.3. The Morgan fingerprint density at radius 2 is 1.94 bits per heavy atom. The molecule has 2 aromatic carbocycles.